The molecule has 0 atom stereocenters. The number of urea groups is 1. The first-order valence-corrected chi connectivity index (χ1v) is 6.93. The zero-order valence-electron chi connectivity index (χ0n) is 10.7. The number of aliphatic carboxylic acids is 1. The van der Waals surface area contributed by atoms with E-state index in [0.717, 1.165) is 31.7 Å². The number of amides is 2. The van der Waals surface area contributed by atoms with Gasteiger partial charge in [0.1, 0.15) is 0 Å². The summed E-state index contributed by atoms with van der Waals surface area (Å²) in [5.41, 5.74) is 0. The monoisotopic (exact) mass is 254 g/mol. The van der Waals surface area contributed by atoms with Crippen LogP contribution in [0.4, 0.5) is 4.79 Å². The minimum Gasteiger partial charge on any atom is -0.481 e. The molecule has 2 aliphatic rings. The Morgan fingerprint density at radius 1 is 1.22 bits per heavy atom. The molecule has 102 valence electrons. The molecule has 5 nitrogen and oxygen atoms in total. The summed E-state index contributed by atoms with van der Waals surface area (Å²) < 4.78 is 0. The number of carbonyl (C=O) groups is 2. The normalized spacial score (nSPS) is 19.1. The summed E-state index contributed by atoms with van der Waals surface area (Å²) in [5.74, 6) is -0.0541. The van der Waals surface area contributed by atoms with E-state index in [0.29, 0.717) is 6.54 Å². The number of nitrogens with one attached hydrogen (secondary N) is 1. The molecule has 2 N–H and O–H groups in total. The first-order chi connectivity index (χ1) is 8.66. The van der Waals surface area contributed by atoms with Gasteiger partial charge in [-0.15, -0.1) is 0 Å². The second kappa shape index (κ2) is 6.07. The van der Waals surface area contributed by atoms with Gasteiger partial charge in [-0.3, -0.25) is 4.79 Å². The minimum absolute atomic E-state index is 0.0343. The van der Waals surface area contributed by atoms with Gasteiger partial charge in [0, 0.05) is 19.1 Å². The average Bonchev–Trinajstić information content (AvgIpc) is 3.05. The van der Waals surface area contributed by atoms with Crippen LogP contribution in [0.3, 0.4) is 0 Å². The lowest BCUT2D eigenvalue weighted by Crippen LogP contribution is -2.43. The van der Waals surface area contributed by atoms with Crippen LogP contribution in [-0.2, 0) is 4.79 Å². The number of carbonyl (C=O) groups excluding carboxylic acids is 1. The molecule has 0 heterocycles. The largest absolute Gasteiger partial charge is 0.481 e. The summed E-state index contributed by atoms with van der Waals surface area (Å²) in [6.45, 7) is 1.05. The van der Waals surface area contributed by atoms with Gasteiger partial charge in [0.05, 0.1) is 6.42 Å². The second-order valence-corrected chi connectivity index (χ2v) is 5.39. The number of carboxylic acid groups (broad SMARTS) is 1. The van der Waals surface area contributed by atoms with Gasteiger partial charge >= 0.3 is 12.0 Å². The fourth-order valence-electron chi connectivity index (χ4n) is 2.32. The predicted molar refractivity (Wildman–Crippen MR) is 67.3 cm³/mol. The smallest absolute Gasteiger partial charge is 0.317 e. The van der Waals surface area contributed by atoms with Gasteiger partial charge in [0.2, 0.25) is 0 Å². The summed E-state index contributed by atoms with van der Waals surface area (Å²) in [6.07, 6.45) is 7.02. The molecule has 2 fully saturated rings. The Bertz CT molecular complexity index is 311. The zero-order chi connectivity index (χ0) is 13.0. The molecule has 0 bridgehead atoms. The topological polar surface area (TPSA) is 69.6 Å². The van der Waals surface area contributed by atoms with Gasteiger partial charge in [-0.25, -0.2) is 4.79 Å². The van der Waals surface area contributed by atoms with Gasteiger partial charge in [0.15, 0.2) is 0 Å². The van der Waals surface area contributed by atoms with E-state index >= 15 is 0 Å². The fraction of sp³-hybridized carbons (Fsp3) is 0.846. The highest BCUT2D eigenvalue weighted by Gasteiger charge is 2.32. The Labute approximate surface area is 108 Å². The number of nitrogens with zero attached hydrogens (tertiary/aromatic N) is 1. The van der Waals surface area contributed by atoms with E-state index in [4.69, 9.17) is 5.11 Å². The average molecular weight is 254 g/mol. The van der Waals surface area contributed by atoms with Crippen molar-refractivity contribution in [2.75, 3.05) is 13.1 Å². The molecule has 2 rings (SSSR count). The number of carboxylic acids is 1. The molecule has 0 saturated heterocycles. The van der Waals surface area contributed by atoms with Crippen LogP contribution < -0.4 is 5.32 Å². The van der Waals surface area contributed by atoms with Crippen LogP contribution in [0.1, 0.15) is 44.9 Å². The lowest BCUT2D eigenvalue weighted by Gasteiger charge is -2.26. The molecule has 2 amide bonds. The van der Waals surface area contributed by atoms with E-state index in [1.807, 2.05) is 0 Å². The third-order valence-corrected chi connectivity index (χ3v) is 3.87. The summed E-state index contributed by atoms with van der Waals surface area (Å²) in [7, 11) is 0. The van der Waals surface area contributed by atoms with Crippen molar-refractivity contribution in [3.05, 3.63) is 0 Å². The third-order valence-electron chi connectivity index (χ3n) is 3.87. The Kier molecular flexibility index (Phi) is 4.44. The van der Waals surface area contributed by atoms with E-state index in [1.54, 1.807) is 4.90 Å². The van der Waals surface area contributed by atoms with Crippen molar-refractivity contribution in [2.45, 2.75) is 51.0 Å². The minimum atomic E-state index is -0.845. The Hall–Kier alpha value is -1.26. The number of hydrogen-bond acceptors (Lipinski definition) is 2. The highest BCUT2D eigenvalue weighted by Crippen LogP contribution is 2.29. The molecule has 2 aliphatic carbocycles. The molecule has 5 heteroatoms. The van der Waals surface area contributed by atoms with Crippen LogP contribution in [-0.4, -0.2) is 41.1 Å². The van der Waals surface area contributed by atoms with Crippen molar-refractivity contribution >= 4 is 12.0 Å². The van der Waals surface area contributed by atoms with Crippen LogP contribution >= 0.6 is 0 Å². The van der Waals surface area contributed by atoms with Crippen molar-refractivity contribution in [3.8, 4) is 0 Å². The first kappa shape index (κ1) is 13.2. The SMILES string of the molecule is O=C(O)CCN(C(=O)NCCC1CCC1)C1CC1. The van der Waals surface area contributed by atoms with E-state index in [9.17, 15) is 9.59 Å². The van der Waals surface area contributed by atoms with Crippen LogP contribution in [0.25, 0.3) is 0 Å². The van der Waals surface area contributed by atoms with Crippen LogP contribution in [0, 0.1) is 5.92 Å². The lowest BCUT2D eigenvalue weighted by molar-refractivity contribution is -0.137. The number of rotatable bonds is 7. The van der Waals surface area contributed by atoms with Gasteiger partial charge in [-0.1, -0.05) is 19.3 Å². The quantitative estimate of drug-likeness (QED) is 0.728. The van der Waals surface area contributed by atoms with Gasteiger partial charge < -0.3 is 15.3 Å². The highest BCUT2D eigenvalue weighted by atomic mass is 16.4. The Morgan fingerprint density at radius 2 is 1.94 bits per heavy atom. The van der Waals surface area contributed by atoms with Crippen molar-refractivity contribution in [3.63, 3.8) is 0 Å². The Morgan fingerprint density at radius 3 is 2.44 bits per heavy atom. The van der Waals surface area contributed by atoms with E-state index in [-0.39, 0.29) is 18.5 Å². The van der Waals surface area contributed by atoms with Gasteiger partial charge in [-0.2, -0.15) is 0 Å². The van der Waals surface area contributed by atoms with Crippen molar-refractivity contribution in [1.29, 1.82) is 0 Å². The summed E-state index contributed by atoms with van der Waals surface area (Å²) >= 11 is 0. The van der Waals surface area contributed by atoms with Crippen molar-refractivity contribution in [2.24, 2.45) is 5.92 Å². The molecular formula is C13H22N2O3. The zero-order valence-corrected chi connectivity index (χ0v) is 10.7. The number of hydrogen-bond donors (Lipinski definition) is 2. The summed E-state index contributed by atoms with van der Waals surface area (Å²) in [4.78, 5) is 24.2. The molecule has 0 aromatic heterocycles. The Balaban J connectivity index is 1.67. The maximum absolute atomic E-state index is 11.9. The molecule has 0 spiro atoms. The molecule has 0 aromatic carbocycles. The third kappa shape index (κ3) is 3.89. The molecule has 2 saturated carbocycles. The van der Waals surface area contributed by atoms with Crippen molar-refractivity contribution in [1.82, 2.24) is 10.2 Å². The van der Waals surface area contributed by atoms with Crippen LogP contribution in [0.15, 0.2) is 0 Å². The predicted octanol–water partition coefficient (Wildman–Crippen LogP) is 1.83. The molecular weight excluding hydrogens is 232 g/mol. The van der Waals surface area contributed by atoms with Crippen LogP contribution in [0.5, 0.6) is 0 Å². The second-order valence-electron chi connectivity index (χ2n) is 5.39. The van der Waals surface area contributed by atoms with E-state index < -0.39 is 5.97 Å². The fourth-order valence-corrected chi connectivity index (χ4v) is 2.32. The highest BCUT2D eigenvalue weighted by molar-refractivity contribution is 5.76. The first-order valence-electron chi connectivity index (χ1n) is 6.93. The van der Waals surface area contributed by atoms with E-state index in [2.05, 4.69) is 5.32 Å². The molecule has 0 aromatic rings. The molecule has 0 radical (unpaired) electrons. The summed E-state index contributed by atoms with van der Waals surface area (Å²) in [5, 5.41) is 11.6. The standard InChI is InChI=1S/C13H22N2O3/c16-12(17)7-9-15(11-4-5-11)13(18)14-8-6-10-2-1-3-10/h10-11H,1-9H2,(H,14,18)(H,16,17). The van der Waals surface area contributed by atoms with Gasteiger partial charge in [-0.05, 0) is 25.2 Å². The lowest BCUT2D eigenvalue weighted by atomic mass is 9.83. The van der Waals surface area contributed by atoms with Crippen LogP contribution in [0.2, 0.25) is 0 Å². The van der Waals surface area contributed by atoms with Gasteiger partial charge in [0.25, 0.3) is 0 Å². The maximum Gasteiger partial charge on any atom is 0.317 e. The van der Waals surface area contributed by atoms with Crippen molar-refractivity contribution < 1.29 is 14.7 Å². The van der Waals surface area contributed by atoms with E-state index in [1.165, 1.54) is 19.3 Å². The molecule has 18 heavy (non-hydrogen) atoms. The molecule has 0 unspecified atom stereocenters. The molecule has 0 aliphatic heterocycles. The summed E-state index contributed by atoms with van der Waals surface area (Å²) in [6, 6.07) is 0.186. The maximum atomic E-state index is 11.9.